The SMILES string of the molecule is O=C[C@@H]1C(COS(=O)(=O)[O-])OCC(NS(=O)(=O)[O-])[C@H]1OS(=O)(=O)[O-]. The van der Waals surface area contributed by atoms with Crippen LogP contribution in [-0.4, -0.2) is 76.7 Å². The van der Waals surface area contributed by atoms with Crippen molar-refractivity contribution >= 4 is 37.4 Å². The molecule has 2 unspecified atom stereocenters. The molecule has 0 bridgehead atoms. The van der Waals surface area contributed by atoms with Crippen LogP contribution in [0.25, 0.3) is 0 Å². The Morgan fingerprint density at radius 3 is 2.08 bits per heavy atom. The third kappa shape index (κ3) is 7.42. The molecule has 0 radical (unpaired) electrons. The lowest BCUT2D eigenvalue weighted by molar-refractivity contribution is -0.138. The van der Waals surface area contributed by atoms with Crippen molar-refractivity contribution in [2.45, 2.75) is 18.2 Å². The maximum Gasteiger partial charge on any atom is 0.217 e. The summed E-state index contributed by atoms with van der Waals surface area (Å²) in [5.74, 6) is -1.75. The molecule has 1 N–H and O–H groups in total. The molecule has 1 fully saturated rings. The number of carbonyl (C=O) groups is 1. The van der Waals surface area contributed by atoms with Crippen LogP contribution in [0, 0.1) is 5.92 Å². The van der Waals surface area contributed by atoms with E-state index in [2.05, 4.69) is 8.37 Å². The Morgan fingerprint density at radius 2 is 1.67 bits per heavy atom. The highest BCUT2D eigenvalue weighted by Crippen LogP contribution is 2.25. The van der Waals surface area contributed by atoms with Gasteiger partial charge in [0.2, 0.25) is 20.8 Å². The lowest BCUT2D eigenvalue weighted by Crippen LogP contribution is -2.59. The molecule has 0 aromatic carbocycles. The minimum absolute atomic E-state index is 0.0352. The van der Waals surface area contributed by atoms with Gasteiger partial charge < -0.3 is 23.2 Å². The van der Waals surface area contributed by atoms with E-state index >= 15 is 0 Å². The van der Waals surface area contributed by atoms with E-state index in [0.717, 1.165) is 0 Å². The zero-order valence-electron chi connectivity index (χ0n) is 11.3. The Balaban J connectivity index is 3.07. The highest BCUT2D eigenvalue weighted by atomic mass is 32.3. The average molecular weight is 412 g/mol. The summed E-state index contributed by atoms with van der Waals surface area (Å²) in [5.41, 5.74) is 0. The van der Waals surface area contributed by atoms with Crippen molar-refractivity contribution in [2.75, 3.05) is 13.2 Å². The van der Waals surface area contributed by atoms with Gasteiger partial charge in [-0.2, -0.15) is 0 Å². The summed E-state index contributed by atoms with van der Waals surface area (Å²) in [5, 5.41) is 0. The lowest BCUT2D eigenvalue weighted by Gasteiger charge is -2.40. The number of hydrogen-bond acceptors (Lipinski definition) is 13. The number of hydrogen-bond donors (Lipinski definition) is 1. The van der Waals surface area contributed by atoms with E-state index in [-0.39, 0.29) is 6.29 Å². The molecule has 17 heteroatoms. The third-order valence-corrected chi connectivity index (χ3v) is 4.23. The summed E-state index contributed by atoms with van der Waals surface area (Å²) in [6, 6.07) is -1.74. The molecule has 14 nitrogen and oxygen atoms in total. The van der Waals surface area contributed by atoms with Gasteiger partial charge in [0.1, 0.15) is 12.4 Å². The van der Waals surface area contributed by atoms with Crippen LogP contribution in [0.2, 0.25) is 0 Å². The van der Waals surface area contributed by atoms with Gasteiger partial charge in [-0.1, -0.05) is 0 Å². The first-order valence-electron chi connectivity index (χ1n) is 5.76. The molecule has 1 aliphatic rings. The normalized spacial score (nSPS) is 29.3. The second-order valence-electron chi connectivity index (χ2n) is 4.43. The quantitative estimate of drug-likeness (QED) is 0.227. The van der Waals surface area contributed by atoms with Crippen molar-refractivity contribution in [3.05, 3.63) is 0 Å². The number of ether oxygens (including phenoxy) is 1. The molecule has 1 heterocycles. The molecular formula is C7H10NO13S3-3. The van der Waals surface area contributed by atoms with Crippen LogP contribution in [0.15, 0.2) is 0 Å². The maximum atomic E-state index is 11.1. The van der Waals surface area contributed by atoms with Gasteiger partial charge in [0.05, 0.1) is 31.3 Å². The molecule has 1 aliphatic heterocycles. The molecule has 24 heavy (non-hydrogen) atoms. The molecule has 1 rings (SSSR count). The number of aldehydes is 1. The van der Waals surface area contributed by atoms with Gasteiger partial charge in [0.25, 0.3) is 0 Å². The predicted octanol–water partition coefficient (Wildman–Crippen LogP) is -4.06. The second kappa shape index (κ2) is 7.64. The standard InChI is InChI=1S/C7H13NO13S3/c9-1-4-6(3-20-23(13,14)15)19-2-5(8-22(10,11)12)7(4)21-24(16,17)18/h1,4-8H,2-3H2,(H,10,11,12)(H,13,14,15)(H,16,17,18)/p-3/t4-,5?,6?,7+/m1/s1. The summed E-state index contributed by atoms with van der Waals surface area (Å²) >= 11 is 0. The summed E-state index contributed by atoms with van der Waals surface area (Å²) in [6.45, 7) is -1.82. The van der Waals surface area contributed by atoms with Crippen molar-refractivity contribution in [3.8, 4) is 0 Å². The summed E-state index contributed by atoms with van der Waals surface area (Å²) < 4.78 is 110. The largest absolute Gasteiger partial charge is 0.735 e. The summed E-state index contributed by atoms with van der Waals surface area (Å²) in [7, 11) is -15.8. The summed E-state index contributed by atoms with van der Waals surface area (Å²) in [4.78, 5) is 11.1. The Hall–Kier alpha value is -0.760. The second-order valence-corrected chi connectivity index (χ2v) is 7.63. The van der Waals surface area contributed by atoms with Crippen LogP contribution in [-0.2, 0) is 49.0 Å². The molecule has 0 saturated carbocycles. The molecule has 0 aromatic heterocycles. The zero-order chi connectivity index (χ0) is 18.8. The smallest absolute Gasteiger partial charge is 0.217 e. The van der Waals surface area contributed by atoms with Crippen molar-refractivity contribution in [3.63, 3.8) is 0 Å². The van der Waals surface area contributed by atoms with E-state index in [0.29, 0.717) is 0 Å². The molecular weight excluding hydrogens is 402 g/mol. The zero-order valence-corrected chi connectivity index (χ0v) is 13.8. The topological polar surface area (TPSA) is 228 Å². The number of carbonyl (C=O) groups excluding carboxylic acids is 1. The fourth-order valence-electron chi connectivity index (χ4n) is 1.94. The molecule has 0 aromatic rings. The van der Waals surface area contributed by atoms with Gasteiger partial charge in [0, 0.05) is 0 Å². The Bertz CT molecular complexity index is 755. The average Bonchev–Trinajstić information content (AvgIpc) is 2.34. The van der Waals surface area contributed by atoms with E-state index in [9.17, 15) is 43.7 Å². The lowest BCUT2D eigenvalue weighted by atomic mass is 9.90. The van der Waals surface area contributed by atoms with Gasteiger partial charge in [-0.05, 0) is 0 Å². The van der Waals surface area contributed by atoms with Gasteiger partial charge in [-0.25, -0.2) is 30.0 Å². The van der Waals surface area contributed by atoms with Crippen LogP contribution in [0.4, 0.5) is 0 Å². The van der Waals surface area contributed by atoms with Crippen LogP contribution >= 0.6 is 0 Å². The fourth-order valence-corrected chi connectivity index (χ4v) is 3.35. The van der Waals surface area contributed by atoms with E-state index in [4.69, 9.17) is 4.74 Å². The number of nitrogens with one attached hydrogen (secondary N) is 1. The van der Waals surface area contributed by atoms with E-state index in [1.165, 1.54) is 4.72 Å². The van der Waals surface area contributed by atoms with Gasteiger partial charge >= 0.3 is 0 Å². The Kier molecular flexibility index (Phi) is 6.77. The van der Waals surface area contributed by atoms with Crippen LogP contribution in [0.5, 0.6) is 0 Å². The molecule has 0 amide bonds. The molecule has 0 aliphatic carbocycles. The highest BCUT2D eigenvalue weighted by Gasteiger charge is 2.43. The van der Waals surface area contributed by atoms with E-state index in [1.807, 2.05) is 0 Å². The van der Waals surface area contributed by atoms with Gasteiger partial charge in [0.15, 0.2) is 10.3 Å². The summed E-state index contributed by atoms with van der Waals surface area (Å²) in [6.07, 6.45) is -3.62. The first-order chi connectivity index (χ1) is 10.7. The molecule has 1 saturated heterocycles. The minimum atomic E-state index is -5.44. The van der Waals surface area contributed by atoms with Gasteiger partial charge in [-0.15, -0.1) is 0 Å². The molecule has 0 spiro atoms. The molecule has 142 valence electrons. The molecule has 4 atom stereocenters. The minimum Gasteiger partial charge on any atom is -0.735 e. The van der Waals surface area contributed by atoms with E-state index in [1.54, 1.807) is 0 Å². The Morgan fingerprint density at radius 1 is 1.08 bits per heavy atom. The van der Waals surface area contributed by atoms with Crippen LogP contribution in [0.1, 0.15) is 0 Å². The highest BCUT2D eigenvalue weighted by molar-refractivity contribution is 7.83. The van der Waals surface area contributed by atoms with Crippen LogP contribution in [0.3, 0.4) is 0 Å². The van der Waals surface area contributed by atoms with Crippen molar-refractivity contribution in [1.82, 2.24) is 4.72 Å². The Labute approximate surface area is 136 Å². The van der Waals surface area contributed by atoms with Crippen molar-refractivity contribution in [2.24, 2.45) is 5.92 Å². The maximum absolute atomic E-state index is 11.1. The van der Waals surface area contributed by atoms with Crippen molar-refractivity contribution in [1.29, 1.82) is 0 Å². The predicted molar refractivity (Wildman–Crippen MR) is 66.1 cm³/mol. The number of rotatable bonds is 8. The fraction of sp³-hybridized carbons (Fsp3) is 0.857. The van der Waals surface area contributed by atoms with Crippen LogP contribution < -0.4 is 4.72 Å². The van der Waals surface area contributed by atoms with Gasteiger partial charge in [-0.3, -0.25) is 8.37 Å². The first-order valence-corrected chi connectivity index (χ1v) is 9.84. The van der Waals surface area contributed by atoms with Crippen molar-refractivity contribution < 1.29 is 56.8 Å². The van der Waals surface area contributed by atoms with E-state index < -0.39 is 68.5 Å². The third-order valence-electron chi connectivity index (χ3n) is 2.75. The first kappa shape index (κ1) is 21.3. The monoisotopic (exact) mass is 412 g/mol.